The van der Waals surface area contributed by atoms with Crippen LogP contribution in [0.25, 0.3) is 0 Å². The van der Waals surface area contributed by atoms with Crippen LogP contribution in [0, 0.1) is 5.82 Å². The van der Waals surface area contributed by atoms with Crippen molar-refractivity contribution >= 4 is 11.6 Å². The number of ether oxygens (including phenoxy) is 1. The van der Waals surface area contributed by atoms with Crippen LogP contribution < -0.4 is 15.0 Å². The third kappa shape index (κ3) is 7.58. The molecule has 1 aliphatic rings. The molecule has 1 unspecified atom stereocenters. The Kier molecular flexibility index (Phi) is 9.45. The van der Waals surface area contributed by atoms with Crippen molar-refractivity contribution in [1.82, 2.24) is 5.32 Å². The number of hydrogen-bond donors (Lipinski definition) is 2. The van der Waals surface area contributed by atoms with E-state index in [0.717, 1.165) is 18.8 Å². The van der Waals surface area contributed by atoms with Gasteiger partial charge in [-0.2, -0.15) is 0 Å². The van der Waals surface area contributed by atoms with Gasteiger partial charge in [0.2, 0.25) is 5.91 Å². The Morgan fingerprint density at radius 1 is 1.20 bits per heavy atom. The van der Waals surface area contributed by atoms with Gasteiger partial charge in [-0.25, -0.2) is 4.39 Å². The average Bonchev–Trinajstić information content (AvgIpc) is 3.26. The molecule has 5 nitrogen and oxygen atoms in total. The van der Waals surface area contributed by atoms with Crippen LogP contribution in [0.15, 0.2) is 42.5 Å². The molecule has 164 valence electrons. The normalized spacial score (nSPS) is 13.9. The number of aromatic hydroxyl groups is 1. The van der Waals surface area contributed by atoms with Crippen molar-refractivity contribution in [2.24, 2.45) is 0 Å². The van der Waals surface area contributed by atoms with E-state index in [1.165, 1.54) is 57.1 Å². The standard InChI is InChI=1S/C14H21NO.C10H12FNO2/c1-2-3-12-16-14-8-6-13(7-9-14)15-10-4-5-11-15;1-6(12-7(2)13)8-3-4-10(14)9(11)5-8/h6-9H,2-5,10-12H2,1H3;3-6,14H,1-2H3,(H,12,13). The number of amides is 1. The van der Waals surface area contributed by atoms with Crippen LogP contribution >= 0.6 is 0 Å². The van der Waals surface area contributed by atoms with Crippen LogP contribution in [0.3, 0.4) is 0 Å². The number of carbonyl (C=O) groups excluding carboxylic acids is 1. The topological polar surface area (TPSA) is 61.8 Å². The summed E-state index contributed by atoms with van der Waals surface area (Å²) in [5.41, 5.74) is 1.95. The van der Waals surface area contributed by atoms with Gasteiger partial charge in [0.25, 0.3) is 0 Å². The van der Waals surface area contributed by atoms with E-state index in [9.17, 15) is 9.18 Å². The molecule has 0 radical (unpaired) electrons. The molecule has 0 bridgehead atoms. The molecular weight excluding hydrogens is 383 g/mol. The molecule has 2 N–H and O–H groups in total. The first kappa shape index (κ1) is 23.5. The minimum Gasteiger partial charge on any atom is -0.505 e. The van der Waals surface area contributed by atoms with Crippen LogP contribution in [0.2, 0.25) is 0 Å². The third-order valence-electron chi connectivity index (χ3n) is 4.97. The molecule has 2 aromatic carbocycles. The van der Waals surface area contributed by atoms with Crippen molar-refractivity contribution in [1.29, 1.82) is 0 Å². The van der Waals surface area contributed by atoms with E-state index in [4.69, 9.17) is 9.84 Å². The minimum atomic E-state index is -0.681. The Hall–Kier alpha value is -2.76. The number of unbranched alkanes of at least 4 members (excludes halogenated alkanes) is 1. The molecular formula is C24H33FN2O3. The zero-order valence-corrected chi connectivity index (χ0v) is 18.2. The van der Waals surface area contributed by atoms with E-state index in [1.54, 1.807) is 13.0 Å². The number of phenolic OH excluding ortho intramolecular Hbond substituents is 1. The van der Waals surface area contributed by atoms with Gasteiger partial charge in [0.15, 0.2) is 11.6 Å². The first-order valence-corrected chi connectivity index (χ1v) is 10.6. The molecule has 0 aromatic heterocycles. The second-order valence-corrected chi connectivity index (χ2v) is 7.52. The van der Waals surface area contributed by atoms with Crippen molar-refractivity contribution in [3.05, 3.63) is 53.8 Å². The summed E-state index contributed by atoms with van der Waals surface area (Å²) in [5, 5.41) is 11.6. The third-order valence-corrected chi connectivity index (χ3v) is 4.97. The molecule has 1 fully saturated rings. The Morgan fingerprint density at radius 2 is 1.87 bits per heavy atom. The summed E-state index contributed by atoms with van der Waals surface area (Å²) in [4.78, 5) is 13.2. The highest BCUT2D eigenvalue weighted by atomic mass is 19.1. The maximum atomic E-state index is 12.9. The summed E-state index contributed by atoms with van der Waals surface area (Å²) in [5.74, 6) is -0.245. The molecule has 1 atom stereocenters. The average molecular weight is 417 g/mol. The van der Waals surface area contributed by atoms with Gasteiger partial charge in [-0.1, -0.05) is 19.4 Å². The summed E-state index contributed by atoms with van der Waals surface area (Å²) in [6.07, 6.45) is 4.98. The largest absolute Gasteiger partial charge is 0.505 e. The predicted octanol–water partition coefficient (Wildman–Crippen LogP) is 5.19. The quantitative estimate of drug-likeness (QED) is 0.610. The lowest BCUT2D eigenvalue weighted by Gasteiger charge is -2.17. The summed E-state index contributed by atoms with van der Waals surface area (Å²) in [6, 6.07) is 12.3. The van der Waals surface area contributed by atoms with E-state index in [-0.39, 0.29) is 17.7 Å². The number of phenols is 1. The van der Waals surface area contributed by atoms with Gasteiger partial charge in [-0.15, -0.1) is 0 Å². The highest BCUT2D eigenvalue weighted by Gasteiger charge is 2.12. The summed E-state index contributed by atoms with van der Waals surface area (Å²) < 4.78 is 18.6. The van der Waals surface area contributed by atoms with Crippen LogP contribution in [0.4, 0.5) is 10.1 Å². The fourth-order valence-electron chi connectivity index (χ4n) is 3.24. The first-order chi connectivity index (χ1) is 14.4. The molecule has 0 saturated carbocycles. The second kappa shape index (κ2) is 12.1. The molecule has 0 spiro atoms. The summed E-state index contributed by atoms with van der Waals surface area (Å²) in [6.45, 7) is 8.56. The Labute approximate surface area is 178 Å². The smallest absolute Gasteiger partial charge is 0.217 e. The maximum Gasteiger partial charge on any atom is 0.217 e. The molecule has 3 rings (SSSR count). The SMILES string of the molecule is CC(=O)NC(C)c1ccc(O)c(F)c1.CCCCOc1ccc(N2CCCC2)cc1. The van der Waals surface area contributed by atoms with Crippen LogP contribution in [0.5, 0.6) is 11.5 Å². The van der Waals surface area contributed by atoms with Crippen LogP contribution in [-0.4, -0.2) is 30.7 Å². The maximum absolute atomic E-state index is 12.9. The highest BCUT2D eigenvalue weighted by Crippen LogP contribution is 2.23. The van der Waals surface area contributed by atoms with E-state index in [0.29, 0.717) is 5.56 Å². The van der Waals surface area contributed by atoms with Crippen molar-refractivity contribution in [3.8, 4) is 11.5 Å². The fourth-order valence-corrected chi connectivity index (χ4v) is 3.24. The summed E-state index contributed by atoms with van der Waals surface area (Å²) >= 11 is 0. The Bertz CT molecular complexity index is 790. The number of benzene rings is 2. The van der Waals surface area contributed by atoms with Gasteiger partial charge in [0.05, 0.1) is 12.6 Å². The van der Waals surface area contributed by atoms with E-state index >= 15 is 0 Å². The van der Waals surface area contributed by atoms with Gasteiger partial charge < -0.3 is 20.1 Å². The lowest BCUT2D eigenvalue weighted by Crippen LogP contribution is -2.23. The first-order valence-electron chi connectivity index (χ1n) is 10.6. The number of nitrogens with zero attached hydrogens (tertiary/aromatic N) is 1. The van der Waals surface area contributed by atoms with Crippen molar-refractivity contribution in [2.75, 3.05) is 24.6 Å². The number of nitrogens with one attached hydrogen (secondary N) is 1. The van der Waals surface area contributed by atoms with Crippen molar-refractivity contribution < 1.29 is 19.0 Å². The molecule has 6 heteroatoms. The molecule has 2 aromatic rings. The van der Waals surface area contributed by atoms with Crippen LogP contribution in [0.1, 0.15) is 58.1 Å². The predicted molar refractivity (Wildman–Crippen MR) is 119 cm³/mol. The van der Waals surface area contributed by atoms with Gasteiger partial charge >= 0.3 is 0 Å². The van der Waals surface area contributed by atoms with E-state index in [1.807, 2.05) is 0 Å². The number of halogens is 1. The molecule has 30 heavy (non-hydrogen) atoms. The second-order valence-electron chi connectivity index (χ2n) is 7.52. The van der Waals surface area contributed by atoms with Crippen molar-refractivity contribution in [2.45, 2.75) is 52.5 Å². The van der Waals surface area contributed by atoms with Gasteiger partial charge in [0.1, 0.15) is 5.75 Å². The number of carbonyl (C=O) groups is 1. The Balaban J connectivity index is 0.000000216. The van der Waals surface area contributed by atoms with Gasteiger partial charge in [-0.3, -0.25) is 4.79 Å². The molecule has 1 heterocycles. The zero-order valence-electron chi connectivity index (χ0n) is 18.2. The highest BCUT2D eigenvalue weighted by molar-refractivity contribution is 5.73. The van der Waals surface area contributed by atoms with E-state index in [2.05, 4.69) is 41.4 Å². The zero-order chi connectivity index (χ0) is 21.9. The van der Waals surface area contributed by atoms with Crippen LogP contribution in [-0.2, 0) is 4.79 Å². The van der Waals surface area contributed by atoms with Gasteiger partial charge in [0, 0.05) is 25.7 Å². The molecule has 1 amide bonds. The number of hydrogen-bond acceptors (Lipinski definition) is 4. The number of rotatable bonds is 7. The Morgan fingerprint density at radius 3 is 2.43 bits per heavy atom. The molecule has 0 aliphatic carbocycles. The molecule has 1 aliphatic heterocycles. The number of anilines is 1. The van der Waals surface area contributed by atoms with Gasteiger partial charge in [-0.05, 0) is 68.1 Å². The van der Waals surface area contributed by atoms with E-state index < -0.39 is 5.82 Å². The summed E-state index contributed by atoms with van der Waals surface area (Å²) in [7, 11) is 0. The fraction of sp³-hybridized carbons (Fsp3) is 0.458. The lowest BCUT2D eigenvalue weighted by molar-refractivity contribution is -0.119. The minimum absolute atomic E-state index is 0.175. The molecule has 1 saturated heterocycles. The van der Waals surface area contributed by atoms with Crippen molar-refractivity contribution in [3.63, 3.8) is 0 Å². The lowest BCUT2D eigenvalue weighted by atomic mass is 10.1. The monoisotopic (exact) mass is 416 g/mol.